The number of thioether (sulfide) groups is 1. The molecule has 1 heterocycles. The molecule has 1 saturated carbocycles. The smallest absolute Gasteiger partial charge is 0.243 e. The number of nitrogens with zero attached hydrogens (tertiary/aromatic N) is 1. The topological polar surface area (TPSA) is 55.6 Å². The Morgan fingerprint density at radius 2 is 2.15 bits per heavy atom. The minimum atomic E-state index is -0.769. The lowest BCUT2D eigenvalue weighted by molar-refractivity contribution is -0.179. The molecule has 2 aliphatic rings. The summed E-state index contributed by atoms with van der Waals surface area (Å²) < 4.78 is 5.69. The fourth-order valence-electron chi connectivity index (χ4n) is 3.11. The fraction of sp³-hybridized carbons (Fsp3) is 0.929. The second kappa shape index (κ2) is 6.42. The summed E-state index contributed by atoms with van der Waals surface area (Å²) in [5, 5.41) is 0. The van der Waals surface area contributed by atoms with Gasteiger partial charge < -0.3 is 15.4 Å². The van der Waals surface area contributed by atoms with Crippen LogP contribution in [0.1, 0.15) is 33.6 Å². The van der Waals surface area contributed by atoms with E-state index in [0.717, 1.165) is 17.9 Å². The summed E-state index contributed by atoms with van der Waals surface area (Å²) in [5.41, 5.74) is 5.37. The van der Waals surface area contributed by atoms with Crippen LogP contribution in [0.5, 0.6) is 0 Å². The van der Waals surface area contributed by atoms with Crippen molar-refractivity contribution >= 4 is 30.1 Å². The summed E-state index contributed by atoms with van der Waals surface area (Å²) in [6.45, 7) is 6.75. The van der Waals surface area contributed by atoms with Crippen LogP contribution in [-0.2, 0) is 9.53 Å². The molecule has 3 atom stereocenters. The first kappa shape index (κ1) is 18.1. The number of amides is 1. The number of hydrogen-bond acceptors (Lipinski definition) is 4. The van der Waals surface area contributed by atoms with E-state index < -0.39 is 5.54 Å². The van der Waals surface area contributed by atoms with Gasteiger partial charge in [-0.2, -0.15) is 11.8 Å². The van der Waals surface area contributed by atoms with Crippen molar-refractivity contribution in [3.8, 4) is 0 Å². The second-order valence-electron chi connectivity index (χ2n) is 6.27. The van der Waals surface area contributed by atoms with Crippen LogP contribution < -0.4 is 5.73 Å². The van der Waals surface area contributed by atoms with Gasteiger partial charge in [-0.15, -0.1) is 12.4 Å². The normalized spacial score (nSPS) is 35.0. The molecule has 20 heavy (non-hydrogen) atoms. The molecule has 118 valence electrons. The number of rotatable bonds is 4. The third-order valence-electron chi connectivity index (χ3n) is 4.99. The van der Waals surface area contributed by atoms with Crippen molar-refractivity contribution in [2.75, 3.05) is 25.2 Å². The van der Waals surface area contributed by atoms with Gasteiger partial charge in [0.1, 0.15) is 5.54 Å². The van der Waals surface area contributed by atoms with E-state index in [4.69, 9.17) is 10.5 Å². The molecule has 0 radical (unpaired) electrons. The van der Waals surface area contributed by atoms with E-state index in [2.05, 4.69) is 0 Å². The van der Waals surface area contributed by atoms with Crippen LogP contribution in [-0.4, -0.2) is 53.7 Å². The van der Waals surface area contributed by atoms with E-state index in [1.54, 1.807) is 0 Å². The first-order valence-electron chi connectivity index (χ1n) is 7.10. The van der Waals surface area contributed by atoms with Crippen LogP contribution in [0.3, 0.4) is 0 Å². The van der Waals surface area contributed by atoms with E-state index >= 15 is 0 Å². The molecule has 0 spiro atoms. The average Bonchev–Trinajstić information content (AvgIpc) is 2.90. The van der Waals surface area contributed by atoms with Crippen molar-refractivity contribution in [3.63, 3.8) is 0 Å². The molecule has 1 aliphatic heterocycles. The Kier molecular flexibility index (Phi) is 5.81. The highest BCUT2D eigenvalue weighted by atomic mass is 35.5. The average molecular weight is 323 g/mol. The minimum Gasteiger partial charge on any atom is -0.378 e. The highest BCUT2D eigenvalue weighted by Crippen LogP contribution is 2.50. The Hall–Kier alpha value is 0.0300. The van der Waals surface area contributed by atoms with E-state index in [1.807, 2.05) is 44.5 Å². The van der Waals surface area contributed by atoms with Crippen LogP contribution in [0.25, 0.3) is 0 Å². The number of nitrogens with two attached hydrogens (primary N) is 1. The van der Waals surface area contributed by atoms with E-state index in [9.17, 15) is 4.79 Å². The zero-order chi connectivity index (χ0) is 14.3. The van der Waals surface area contributed by atoms with Gasteiger partial charge in [-0.05, 0) is 19.1 Å². The standard InChI is InChI=1S/C14H26N2O2S.ClH/c1-5-18-11-8-14(15,13(11,2)3)12(17)16(4)10-6-7-19-9-10;/h10-11H,5-9,15H2,1-4H3;1H. The summed E-state index contributed by atoms with van der Waals surface area (Å²) >= 11 is 1.91. The van der Waals surface area contributed by atoms with Gasteiger partial charge in [-0.3, -0.25) is 4.79 Å². The van der Waals surface area contributed by atoms with Crippen LogP contribution in [0.4, 0.5) is 0 Å². The Labute approximate surface area is 132 Å². The summed E-state index contributed by atoms with van der Waals surface area (Å²) in [6, 6.07) is 0.347. The lowest BCUT2D eigenvalue weighted by atomic mass is 9.54. The first-order chi connectivity index (χ1) is 8.84. The Morgan fingerprint density at radius 3 is 2.60 bits per heavy atom. The monoisotopic (exact) mass is 322 g/mol. The van der Waals surface area contributed by atoms with Gasteiger partial charge in [0.25, 0.3) is 0 Å². The zero-order valence-corrected chi connectivity index (χ0v) is 14.5. The van der Waals surface area contributed by atoms with Gasteiger partial charge >= 0.3 is 0 Å². The summed E-state index contributed by atoms with van der Waals surface area (Å²) in [4.78, 5) is 14.6. The molecule has 0 aromatic heterocycles. The largest absolute Gasteiger partial charge is 0.378 e. The fourth-order valence-corrected chi connectivity index (χ4v) is 4.37. The molecule has 2 N–H and O–H groups in total. The van der Waals surface area contributed by atoms with Crippen molar-refractivity contribution in [2.24, 2.45) is 11.1 Å². The number of hydrogen-bond donors (Lipinski definition) is 1. The molecule has 1 amide bonds. The van der Waals surface area contributed by atoms with Crippen molar-refractivity contribution in [2.45, 2.75) is 51.3 Å². The number of carbonyl (C=O) groups excluding carboxylic acids is 1. The van der Waals surface area contributed by atoms with Crippen LogP contribution >= 0.6 is 24.2 Å². The Morgan fingerprint density at radius 1 is 1.50 bits per heavy atom. The van der Waals surface area contributed by atoms with Crippen LogP contribution in [0.15, 0.2) is 0 Å². The summed E-state index contributed by atoms with van der Waals surface area (Å²) in [5.74, 6) is 2.26. The second-order valence-corrected chi connectivity index (χ2v) is 7.42. The summed E-state index contributed by atoms with van der Waals surface area (Å²) in [6.07, 6.45) is 1.81. The van der Waals surface area contributed by atoms with E-state index in [0.29, 0.717) is 19.1 Å². The quantitative estimate of drug-likeness (QED) is 0.859. The number of halogens is 1. The molecule has 1 aliphatic carbocycles. The SMILES string of the molecule is CCOC1CC(N)(C(=O)N(C)C2CCSC2)C1(C)C.Cl. The molecule has 6 heteroatoms. The number of likely N-dealkylation sites (N-methyl/N-ethyl adjacent to an activating group) is 1. The molecule has 0 bridgehead atoms. The van der Waals surface area contributed by atoms with Gasteiger partial charge in [-0.1, -0.05) is 13.8 Å². The molecule has 2 fully saturated rings. The minimum absolute atomic E-state index is 0. The molecule has 2 rings (SSSR count). The van der Waals surface area contributed by atoms with E-state index in [1.165, 1.54) is 0 Å². The highest BCUT2D eigenvalue weighted by Gasteiger charge is 2.63. The lowest BCUT2D eigenvalue weighted by Crippen LogP contribution is -2.76. The zero-order valence-electron chi connectivity index (χ0n) is 12.8. The Bertz CT molecular complexity index is 361. The van der Waals surface area contributed by atoms with E-state index in [-0.39, 0.29) is 29.8 Å². The molecular formula is C14H27ClN2O2S. The van der Waals surface area contributed by atoms with Gasteiger partial charge in [0.2, 0.25) is 5.91 Å². The number of ether oxygens (including phenoxy) is 1. The third kappa shape index (κ3) is 2.70. The van der Waals surface area contributed by atoms with Crippen LogP contribution in [0.2, 0.25) is 0 Å². The maximum atomic E-state index is 12.7. The molecule has 1 saturated heterocycles. The van der Waals surface area contributed by atoms with Crippen molar-refractivity contribution in [1.82, 2.24) is 4.90 Å². The van der Waals surface area contributed by atoms with Crippen molar-refractivity contribution in [1.29, 1.82) is 0 Å². The highest BCUT2D eigenvalue weighted by molar-refractivity contribution is 7.99. The van der Waals surface area contributed by atoms with Crippen molar-refractivity contribution in [3.05, 3.63) is 0 Å². The van der Waals surface area contributed by atoms with Gasteiger partial charge in [0.05, 0.1) is 6.10 Å². The molecule has 4 nitrogen and oxygen atoms in total. The maximum Gasteiger partial charge on any atom is 0.243 e. The number of carbonyl (C=O) groups is 1. The molecule has 3 unspecified atom stereocenters. The first-order valence-corrected chi connectivity index (χ1v) is 8.25. The molecular weight excluding hydrogens is 296 g/mol. The van der Waals surface area contributed by atoms with Gasteiger partial charge in [-0.25, -0.2) is 0 Å². The van der Waals surface area contributed by atoms with Gasteiger partial charge in [0.15, 0.2) is 0 Å². The van der Waals surface area contributed by atoms with Crippen molar-refractivity contribution < 1.29 is 9.53 Å². The predicted octanol–water partition coefficient (Wildman–Crippen LogP) is 1.90. The third-order valence-corrected chi connectivity index (χ3v) is 6.13. The summed E-state index contributed by atoms with van der Waals surface area (Å²) in [7, 11) is 1.90. The molecule has 0 aromatic rings. The lowest BCUT2D eigenvalue weighted by Gasteiger charge is -2.58. The maximum absolute atomic E-state index is 12.7. The predicted molar refractivity (Wildman–Crippen MR) is 86.5 cm³/mol. The molecule has 0 aromatic carbocycles. The van der Waals surface area contributed by atoms with Crippen LogP contribution in [0, 0.1) is 5.41 Å². The Balaban J connectivity index is 0.00000200. The van der Waals surface area contributed by atoms with Gasteiger partial charge in [0, 0.05) is 37.3 Å².